The van der Waals surface area contributed by atoms with E-state index in [1.54, 1.807) is 36.4 Å². The van der Waals surface area contributed by atoms with Gasteiger partial charge in [-0.3, -0.25) is 9.48 Å². The number of alkyl halides is 3. The van der Waals surface area contributed by atoms with Crippen LogP contribution in [0.15, 0.2) is 61.3 Å². The summed E-state index contributed by atoms with van der Waals surface area (Å²) in [5.74, 6) is -0.701. The number of benzene rings is 1. The van der Waals surface area contributed by atoms with Crippen molar-refractivity contribution in [2.75, 3.05) is 19.0 Å². The molecule has 1 aromatic carbocycles. The number of pyridine rings is 1. The first-order chi connectivity index (χ1) is 17.7. The lowest BCUT2D eigenvalue weighted by molar-refractivity contribution is -0.137. The number of anilines is 1. The molecule has 3 aromatic heterocycles. The van der Waals surface area contributed by atoms with Crippen LogP contribution in [0, 0.1) is 5.82 Å². The van der Waals surface area contributed by atoms with Gasteiger partial charge in [0.25, 0.3) is 0 Å². The molecular formula is C25H22F4N6O2. The van der Waals surface area contributed by atoms with Gasteiger partial charge in [0.15, 0.2) is 0 Å². The standard InChI is InChI=1S/C25H22F4N6O2/c1-37-7-6-35-15-16(11-33-35)8-23-30-12-19(13-31-23)17-2-3-18(21(26)9-17)10-24(36)34-22-5-4-20(14-32-22)25(27,28)29/h2-5,9,11-15H,6-8,10H2,1H3,(H,32,34,36). The van der Waals surface area contributed by atoms with Gasteiger partial charge in [0.05, 0.1) is 31.3 Å². The molecule has 0 saturated carbocycles. The number of carbonyl (C=O) groups excluding carboxylic acids is 1. The van der Waals surface area contributed by atoms with Crippen molar-refractivity contribution in [1.29, 1.82) is 0 Å². The lowest BCUT2D eigenvalue weighted by Gasteiger charge is -2.09. The van der Waals surface area contributed by atoms with E-state index in [4.69, 9.17) is 4.74 Å². The molecule has 12 heteroatoms. The Labute approximate surface area is 209 Å². The number of hydrogen-bond donors (Lipinski definition) is 1. The monoisotopic (exact) mass is 514 g/mol. The Morgan fingerprint density at radius 2 is 1.81 bits per heavy atom. The summed E-state index contributed by atoms with van der Waals surface area (Å²) in [6.07, 6.45) is 3.09. The molecule has 0 aliphatic rings. The quantitative estimate of drug-likeness (QED) is 0.335. The highest BCUT2D eigenvalue weighted by molar-refractivity contribution is 5.91. The van der Waals surface area contributed by atoms with Gasteiger partial charge in [0, 0.05) is 43.9 Å². The van der Waals surface area contributed by atoms with Crippen LogP contribution in [0.4, 0.5) is 23.4 Å². The first kappa shape index (κ1) is 25.9. The number of methoxy groups -OCH3 is 1. The maximum absolute atomic E-state index is 14.7. The maximum Gasteiger partial charge on any atom is 0.417 e. The smallest absolute Gasteiger partial charge is 0.383 e. The van der Waals surface area contributed by atoms with Gasteiger partial charge in [-0.1, -0.05) is 12.1 Å². The van der Waals surface area contributed by atoms with Gasteiger partial charge in [-0.15, -0.1) is 0 Å². The molecule has 0 saturated heterocycles. The highest BCUT2D eigenvalue weighted by Crippen LogP contribution is 2.29. The van der Waals surface area contributed by atoms with Gasteiger partial charge >= 0.3 is 6.18 Å². The Kier molecular flexibility index (Phi) is 7.87. The van der Waals surface area contributed by atoms with E-state index in [-0.39, 0.29) is 17.8 Å². The molecule has 0 aliphatic carbocycles. The summed E-state index contributed by atoms with van der Waals surface area (Å²) in [6, 6.07) is 6.23. The second-order valence-corrected chi connectivity index (χ2v) is 8.13. The highest BCUT2D eigenvalue weighted by Gasteiger charge is 2.30. The number of amides is 1. The van der Waals surface area contributed by atoms with Gasteiger partial charge in [-0.05, 0) is 34.9 Å². The van der Waals surface area contributed by atoms with Crippen molar-refractivity contribution in [3.63, 3.8) is 0 Å². The average molecular weight is 514 g/mol. The molecule has 3 heterocycles. The van der Waals surface area contributed by atoms with Crippen molar-refractivity contribution in [3.05, 3.63) is 89.6 Å². The second-order valence-electron chi connectivity index (χ2n) is 8.13. The number of hydrogen-bond acceptors (Lipinski definition) is 6. The van der Waals surface area contributed by atoms with Crippen LogP contribution in [0.3, 0.4) is 0 Å². The van der Waals surface area contributed by atoms with Crippen molar-refractivity contribution in [2.24, 2.45) is 0 Å². The van der Waals surface area contributed by atoms with E-state index in [2.05, 4.69) is 25.4 Å². The zero-order chi connectivity index (χ0) is 26.4. The van der Waals surface area contributed by atoms with Gasteiger partial charge in [-0.25, -0.2) is 19.3 Å². The van der Waals surface area contributed by atoms with Gasteiger partial charge in [0.1, 0.15) is 17.5 Å². The topological polar surface area (TPSA) is 94.8 Å². The zero-order valence-corrected chi connectivity index (χ0v) is 19.7. The lowest BCUT2D eigenvalue weighted by atomic mass is 10.0. The number of rotatable bonds is 9. The summed E-state index contributed by atoms with van der Waals surface area (Å²) in [6.45, 7) is 1.20. The number of halogens is 4. The minimum Gasteiger partial charge on any atom is -0.383 e. The lowest BCUT2D eigenvalue weighted by Crippen LogP contribution is -2.16. The van der Waals surface area contributed by atoms with E-state index in [0.29, 0.717) is 42.7 Å². The molecule has 4 aromatic rings. The third-order valence-corrected chi connectivity index (χ3v) is 5.37. The first-order valence-electron chi connectivity index (χ1n) is 11.1. The van der Waals surface area contributed by atoms with E-state index in [1.165, 1.54) is 12.1 Å². The van der Waals surface area contributed by atoms with Crippen LogP contribution in [0.25, 0.3) is 11.1 Å². The van der Waals surface area contributed by atoms with E-state index in [0.717, 1.165) is 17.7 Å². The maximum atomic E-state index is 14.7. The second kappa shape index (κ2) is 11.2. The number of nitrogens with zero attached hydrogens (tertiary/aromatic N) is 5. The molecule has 0 spiro atoms. The Balaban J connectivity index is 1.36. The largest absolute Gasteiger partial charge is 0.417 e. The summed E-state index contributed by atoms with van der Waals surface area (Å²) in [7, 11) is 1.63. The third kappa shape index (κ3) is 6.94. The molecule has 0 bridgehead atoms. The highest BCUT2D eigenvalue weighted by atomic mass is 19.4. The molecule has 0 radical (unpaired) electrons. The van der Waals surface area contributed by atoms with E-state index in [9.17, 15) is 22.4 Å². The van der Waals surface area contributed by atoms with Crippen LogP contribution in [0.2, 0.25) is 0 Å². The minimum absolute atomic E-state index is 0.0606. The Morgan fingerprint density at radius 1 is 1.03 bits per heavy atom. The van der Waals surface area contributed by atoms with Crippen LogP contribution in [-0.4, -0.2) is 44.4 Å². The number of aromatic nitrogens is 5. The van der Waals surface area contributed by atoms with Crippen molar-refractivity contribution >= 4 is 11.7 Å². The molecule has 8 nitrogen and oxygen atoms in total. The zero-order valence-electron chi connectivity index (χ0n) is 19.7. The van der Waals surface area contributed by atoms with Gasteiger partial charge < -0.3 is 10.1 Å². The van der Waals surface area contributed by atoms with Gasteiger partial charge in [-0.2, -0.15) is 18.3 Å². The van der Waals surface area contributed by atoms with Crippen LogP contribution in [0.5, 0.6) is 0 Å². The summed E-state index contributed by atoms with van der Waals surface area (Å²) >= 11 is 0. The molecular weight excluding hydrogens is 492 g/mol. The molecule has 4 rings (SSSR count). The average Bonchev–Trinajstić information content (AvgIpc) is 3.31. The molecule has 0 unspecified atom stereocenters. The van der Waals surface area contributed by atoms with Crippen LogP contribution < -0.4 is 5.32 Å². The summed E-state index contributed by atoms with van der Waals surface area (Å²) in [5, 5.41) is 6.62. The van der Waals surface area contributed by atoms with E-state index >= 15 is 0 Å². The SMILES string of the molecule is COCCn1cc(Cc2ncc(-c3ccc(CC(=O)Nc4ccc(C(F)(F)F)cn4)c(F)c3)cn2)cn1. The molecule has 1 N–H and O–H groups in total. The summed E-state index contributed by atoms with van der Waals surface area (Å²) < 4.78 is 59.4. The Bertz CT molecular complexity index is 1360. The van der Waals surface area contributed by atoms with Crippen LogP contribution >= 0.6 is 0 Å². The fourth-order valence-electron chi connectivity index (χ4n) is 3.45. The van der Waals surface area contributed by atoms with Crippen LogP contribution in [-0.2, 0) is 35.1 Å². The summed E-state index contributed by atoms with van der Waals surface area (Å²) in [5.41, 5.74) is 1.27. The molecule has 0 aliphatic heterocycles. The van der Waals surface area contributed by atoms with Crippen molar-refractivity contribution in [2.45, 2.75) is 25.6 Å². The van der Waals surface area contributed by atoms with Gasteiger partial charge in [0.2, 0.25) is 5.91 Å². The number of nitrogens with one attached hydrogen (secondary N) is 1. The molecule has 192 valence electrons. The van der Waals surface area contributed by atoms with Crippen molar-refractivity contribution in [3.8, 4) is 11.1 Å². The molecule has 0 fully saturated rings. The first-order valence-corrected chi connectivity index (χ1v) is 11.1. The predicted octanol–water partition coefficient (Wildman–Crippen LogP) is 4.31. The Morgan fingerprint density at radius 3 is 2.46 bits per heavy atom. The Hall–Kier alpha value is -4.19. The third-order valence-electron chi connectivity index (χ3n) is 5.37. The molecule has 1 amide bonds. The normalized spacial score (nSPS) is 11.5. The van der Waals surface area contributed by atoms with Crippen LogP contribution in [0.1, 0.15) is 22.5 Å². The minimum atomic E-state index is -4.53. The fourth-order valence-corrected chi connectivity index (χ4v) is 3.45. The molecule has 0 atom stereocenters. The van der Waals surface area contributed by atoms with Crippen molar-refractivity contribution < 1.29 is 27.1 Å². The van der Waals surface area contributed by atoms with E-state index in [1.807, 2.05) is 6.20 Å². The molecule has 37 heavy (non-hydrogen) atoms. The van der Waals surface area contributed by atoms with Crippen molar-refractivity contribution in [1.82, 2.24) is 24.7 Å². The number of carbonyl (C=O) groups is 1. The predicted molar refractivity (Wildman–Crippen MR) is 126 cm³/mol. The number of ether oxygens (including phenoxy) is 1. The van der Waals surface area contributed by atoms with E-state index < -0.39 is 23.5 Å². The summed E-state index contributed by atoms with van der Waals surface area (Å²) in [4.78, 5) is 24.5. The fraction of sp³-hybridized carbons (Fsp3) is 0.240.